The predicted molar refractivity (Wildman–Crippen MR) is 137 cm³/mol. The lowest BCUT2D eigenvalue weighted by atomic mass is 10.2. The summed E-state index contributed by atoms with van der Waals surface area (Å²) in [5, 5.41) is 7.51. The van der Waals surface area contributed by atoms with E-state index >= 15 is 0 Å². The van der Waals surface area contributed by atoms with Crippen LogP contribution in [0.2, 0.25) is 5.02 Å². The Balaban J connectivity index is 1.87. The number of halogens is 1. The van der Waals surface area contributed by atoms with Gasteiger partial charge in [-0.25, -0.2) is 4.98 Å². The highest BCUT2D eigenvalue weighted by Gasteiger charge is 2.17. The fourth-order valence-electron chi connectivity index (χ4n) is 3.24. The van der Waals surface area contributed by atoms with Gasteiger partial charge in [0.05, 0.1) is 31.3 Å². The van der Waals surface area contributed by atoms with Gasteiger partial charge in [-0.3, -0.25) is 0 Å². The van der Waals surface area contributed by atoms with E-state index in [1.165, 1.54) is 6.20 Å². The van der Waals surface area contributed by atoms with Crippen molar-refractivity contribution in [1.29, 1.82) is 0 Å². The fraction of sp³-hybridized carbons (Fsp3) is 0.304. The molecule has 0 aliphatic heterocycles. The molecule has 2 aromatic carbocycles. The lowest BCUT2D eigenvalue weighted by Gasteiger charge is -2.22. The molecule has 1 aromatic heterocycles. The Morgan fingerprint density at radius 1 is 1.12 bits per heavy atom. The quantitative estimate of drug-likeness (QED) is 0.386. The van der Waals surface area contributed by atoms with E-state index in [9.17, 15) is 4.57 Å². The predicted octanol–water partition coefficient (Wildman–Crippen LogP) is 4.96. The van der Waals surface area contributed by atoms with Gasteiger partial charge in [-0.1, -0.05) is 23.7 Å². The molecule has 176 valence electrons. The zero-order chi connectivity index (χ0) is 24.0. The average Bonchev–Trinajstić information content (AvgIpc) is 2.79. The topological polar surface area (TPSA) is 88.6 Å². The van der Waals surface area contributed by atoms with Crippen molar-refractivity contribution in [2.24, 2.45) is 0 Å². The summed E-state index contributed by atoms with van der Waals surface area (Å²) in [6.07, 6.45) is 1.52. The Labute approximate surface area is 199 Å². The molecule has 0 atom stereocenters. The lowest BCUT2D eigenvalue weighted by Crippen LogP contribution is -2.22. The van der Waals surface area contributed by atoms with Crippen LogP contribution in [0.1, 0.15) is 0 Å². The largest absolute Gasteiger partial charge is 0.495 e. The van der Waals surface area contributed by atoms with Crippen molar-refractivity contribution in [2.45, 2.75) is 0 Å². The normalized spacial score (nSPS) is 11.2. The van der Waals surface area contributed by atoms with Crippen LogP contribution in [0.4, 0.5) is 28.8 Å². The first-order valence-electron chi connectivity index (χ1n) is 10.3. The van der Waals surface area contributed by atoms with Crippen LogP contribution in [0.25, 0.3) is 0 Å². The van der Waals surface area contributed by atoms with Crippen LogP contribution in [0.5, 0.6) is 5.75 Å². The second-order valence-electron chi connectivity index (χ2n) is 7.81. The van der Waals surface area contributed by atoms with Gasteiger partial charge in [-0.2, -0.15) is 4.98 Å². The summed E-state index contributed by atoms with van der Waals surface area (Å²) in [5.41, 5.74) is 2.39. The minimum atomic E-state index is -2.50. The number of nitrogens with one attached hydrogen (secondary N) is 2. The molecule has 0 saturated carbocycles. The Morgan fingerprint density at radius 2 is 1.88 bits per heavy atom. The van der Waals surface area contributed by atoms with Crippen molar-refractivity contribution in [3.8, 4) is 5.75 Å². The lowest BCUT2D eigenvalue weighted by molar-refractivity contribution is 0.206. The number of aromatic nitrogens is 2. The van der Waals surface area contributed by atoms with Gasteiger partial charge >= 0.3 is 0 Å². The Kier molecular flexibility index (Phi) is 8.19. The zero-order valence-corrected chi connectivity index (χ0v) is 21.1. The van der Waals surface area contributed by atoms with Crippen LogP contribution in [-0.4, -0.2) is 57.7 Å². The van der Waals surface area contributed by atoms with Crippen molar-refractivity contribution < 1.29 is 14.0 Å². The maximum atomic E-state index is 12.7. The van der Waals surface area contributed by atoms with Crippen molar-refractivity contribution >= 4 is 52.9 Å². The highest BCUT2D eigenvalue weighted by atomic mass is 35.5. The first-order chi connectivity index (χ1) is 15.7. The second kappa shape index (κ2) is 10.9. The molecule has 3 aromatic rings. The summed E-state index contributed by atoms with van der Waals surface area (Å²) < 4.78 is 23.4. The third-order valence-electron chi connectivity index (χ3n) is 4.96. The molecule has 0 bridgehead atoms. The number of likely N-dealkylation sites (N-methyl/N-ethyl adjacent to an activating group) is 1. The standard InChI is InChI=1S/C23H29ClN5O3P/c1-29(12-13-31-2)19-14-16(10-11-20(19)32-3)26-23-25-15-17(24)22(28-23)27-18-8-6-7-9-21(18)33(4,5)30/h6-11,14-15H,12-13H2,1-5H3,(H2,25,26,27,28). The number of nitrogens with zero attached hydrogens (tertiary/aromatic N) is 3. The van der Waals surface area contributed by atoms with Crippen LogP contribution in [0, 0.1) is 0 Å². The molecule has 0 unspecified atom stereocenters. The first kappa shape index (κ1) is 24.8. The summed E-state index contributed by atoms with van der Waals surface area (Å²) >= 11 is 6.35. The highest BCUT2D eigenvalue weighted by Crippen LogP contribution is 2.38. The molecule has 2 N–H and O–H groups in total. The number of para-hydroxylation sites is 1. The summed E-state index contributed by atoms with van der Waals surface area (Å²) in [6, 6.07) is 13.2. The van der Waals surface area contributed by atoms with Crippen LogP contribution in [-0.2, 0) is 9.30 Å². The molecule has 0 fully saturated rings. The minimum Gasteiger partial charge on any atom is -0.495 e. The highest BCUT2D eigenvalue weighted by molar-refractivity contribution is 7.70. The molecule has 0 aliphatic rings. The number of methoxy groups -OCH3 is 2. The molecule has 0 amide bonds. The number of rotatable bonds is 10. The van der Waals surface area contributed by atoms with Gasteiger partial charge in [-0.05, 0) is 43.7 Å². The van der Waals surface area contributed by atoms with Gasteiger partial charge in [0.1, 0.15) is 17.9 Å². The van der Waals surface area contributed by atoms with Crippen molar-refractivity contribution in [1.82, 2.24) is 9.97 Å². The third kappa shape index (κ3) is 6.38. The fourth-order valence-corrected chi connectivity index (χ4v) is 4.53. The molecular formula is C23H29ClN5O3P. The van der Waals surface area contributed by atoms with Gasteiger partial charge in [0.2, 0.25) is 5.95 Å². The van der Waals surface area contributed by atoms with Crippen molar-refractivity contribution in [3.05, 3.63) is 53.7 Å². The molecule has 8 nitrogen and oxygen atoms in total. The maximum Gasteiger partial charge on any atom is 0.229 e. The van der Waals surface area contributed by atoms with Crippen molar-refractivity contribution in [3.63, 3.8) is 0 Å². The number of benzene rings is 2. The van der Waals surface area contributed by atoms with E-state index in [2.05, 4.69) is 20.6 Å². The number of hydrogen-bond acceptors (Lipinski definition) is 8. The molecule has 0 spiro atoms. The minimum absolute atomic E-state index is 0.354. The zero-order valence-electron chi connectivity index (χ0n) is 19.4. The van der Waals surface area contributed by atoms with Crippen LogP contribution < -0.4 is 25.6 Å². The van der Waals surface area contributed by atoms with E-state index in [0.29, 0.717) is 35.6 Å². The van der Waals surface area contributed by atoms with E-state index in [1.807, 2.05) is 54.4 Å². The average molecular weight is 490 g/mol. The molecule has 3 rings (SSSR count). The summed E-state index contributed by atoms with van der Waals surface area (Å²) in [6.45, 7) is 4.76. The molecule has 0 radical (unpaired) electrons. The van der Waals surface area contributed by atoms with Crippen LogP contribution in [0.15, 0.2) is 48.7 Å². The number of hydrogen-bond donors (Lipinski definition) is 2. The van der Waals surface area contributed by atoms with E-state index in [0.717, 1.165) is 22.4 Å². The molecule has 1 heterocycles. The summed E-state index contributed by atoms with van der Waals surface area (Å²) in [7, 11) is 2.79. The monoisotopic (exact) mass is 489 g/mol. The molecular weight excluding hydrogens is 461 g/mol. The molecule has 10 heteroatoms. The Hall–Kier alpha value is -2.80. The molecule has 0 aliphatic carbocycles. The first-order valence-corrected chi connectivity index (χ1v) is 13.3. The van der Waals surface area contributed by atoms with Gasteiger partial charge in [0.25, 0.3) is 0 Å². The smallest absolute Gasteiger partial charge is 0.229 e. The van der Waals surface area contributed by atoms with Gasteiger partial charge < -0.3 is 29.6 Å². The molecule has 33 heavy (non-hydrogen) atoms. The Bertz CT molecular complexity index is 1150. The van der Waals surface area contributed by atoms with Crippen LogP contribution in [0.3, 0.4) is 0 Å². The van der Waals surface area contributed by atoms with E-state index in [4.69, 9.17) is 21.1 Å². The second-order valence-corrected chi connectivity index (χ2v) is 11.4. The van der Waals surface area contributed by atoms with E-state index in [-0.39, 0.29) is 0 Å². The van der Waals surface area contributed by atoms with Gasteiger partial charge in [0.15, 0.2) is 5.82 Å². The summed E-state index contributed by atoms with van der Waals surface area (Å²) in [5.74, 6) is 1.53. The van der Waals surface area contributed by atoms with E-state index < -0.39 is 7.14 Å². The maximum absolute atomic E-state index is 12.7. The number of ether oxygens (including phenoxy) is 2. The summed E-state index contributed by atoms with van der Waals surface area (Å²) in [4.78, 5) is 10.9. The number of anilines is 5. The molecule has 0 saturated heterocycles. The van der Waals surface area contributed by atoms with Gasteiger partial charge in [-0.15, -0.1) is 0 Å². The SMILES string of the molecule is COCCN(C)c1cc(Nc2ncc(Cl)c(Nc3ccccc3P(C)(C)=O)n2)ccc1OC. The van der Waals surface area contributed by atoms with Crippen LogP contribution >= 0.6 is 18.7 Å². The van der Waals surface area contributed by atoms with E-state index in [1.54, 1.807) is 27.5 Å². The Morgan fingerprint density at radius 3 is 2.58 bits per heavy atom. The van der Waals surface area contributed by atoms with Crippen molar-refractivity contribution in [2.75, 3.05) is 63.3 Å². The third-order valence-corrected chi connectivity index (χ3v) is 6.79. The van der Waals surface area contributed by atoms with Gasteiger partial charge in [0, 0.05) is 31.7 Å².